The lowest BCUT2D eigenvalue weighted by Gasteiger charge is -2.35. The first-order chi connectivity index (χ1) is 15.1. The van der Waals surface area contributed by atoms with Crippen LogP contribution in [-0.2, 0) is 11.3 Å². The van der Waals surface area contributed by atoms with Crippen LogP contribution in [0.4, 0.5) is 11.4 Å². The third-order valence-corrected chi connectivity index (χ3v) is 6.91. The molecule has 31 heavy (non-hydrogen) atoms. The highest BCUT2D eigenvalue weighted by molar-refractivity contribution is 7.99. The van der Waals surface area contributed by atoms with E-state index in [0.29, 0.717) is 5.75 Å². The maximum atomic E-state index is 12.6. The summed E-state index contributed by atoms with van der Waals surface area (Å²) in [7, 11) is 0. The monoisotopic (exact) mass is 437 g/mol. The van der Waals surface area contributed by atoms with E-state index in [1.54, 1.807) is 0 Å². The van der Waals surface area contributed by atoms with Crippen LogP contribution >= 0.6 is 11.8 Å². The predicted octanol–water partition coefficient (Wildman–Crippen LogP) is 4.24. The summed E-state index contributed by atoms with van der Waals surface area (Å²) in [6.07, 6.45) is 0. The number of imidazole rings is 1. The largest absolute Gasteiger partial charge is 0.369 e. The number of nitrogens with zero attached hydrogens (tertiary/aromatic N) is 4. The fourth-order valence-electron chi connectivity index (χ4n) is 4.09. The molecule has 0 saturated carbocycles. The number of nitrogens with one attached hydrogen (secondary N) is 1. The van der Waals surface area contributed by atoms with Gasteiger partial charge in [-0.05, 0) is 56.3 Å². The number of para-hydroxylation sites is 2. The van der Waals surface area contributed by atoms with Gasteiger partial charge in [0.05, 0.1) is 16.8 Å². The fraction of sp³-hybridized carbons (Fsp3) is 0.417. The minimum atomic E-state index is -0.00730. The lowest BCUT2D eigenvalue weighted by molar-refractivity contribution is -0.113. The highest BCUT2D eigenvalue weighted by Crippen LogP contribution is 2.26. The molecular formula is C24H31N5OS. The first kappa shape index (κ1) is 21.7. The number of hydrogen-bond donors (Lipinski definition) is 1. The zero-order valence-corrected chi connectivity index (χ0v) is 19.4. The number of carbonyl (C=O) groups is 1. The molecule has 0 spiro atoms. The van der Waals surface area contributed by atoms with Gasteiger partial charge in [0.2, 0.25) is 5.91 Å². The van der Waals surface area contributed by atoms with Gasteiger partial charge >= 0.3 is 0 Å². The van der Waals surface area contributed by atoms with Gasteiger partial charge in [0.25, 0.3) is 0 Å². The van der Waals surface area contributed by atoms with Crippen LogP contribution in [0.3, 0.4) is 0 Å². The van der Waals surface area contributed by atoms with Gasteiger partial charge in [0.1, 0.15) is 0 Å². The predicted molar refractivity (Wildman–Crippen MR) is 130 cm³/mol. The molecule has 7 heteroatoms. The van der Waals surface area contributed by atoms with Crippen LogP contribution in [0, 0.1) is 6.92 Å². The Morgan fingerprint density at radius 3 is 2.55 bits per heavy atom. The molecule has 2 aromatic carbocycles. The second kappa shape index (κ2) is 9.75. The molecule has 1 N–H and O–H groups in total. The molecule has 1 saturated heterocycles. The van der Waals surface area contributed by atoms with Crippen LogP contribution in [0.25, 0.3) is 11.0 Å². The summed E-state index contributed by atoms with van der Waals surface area (Å²) in [5.74, 6) is 0.329. The Bertz CT molecular complexity index is 1060. The number of piperazine rings is 1. The van der Waals surface area contributed by atoms with Crippen molar-refractivity contribution in [1.29, 1.82) is 0 Å². The summed E-state index contributed by atoms with van der Waals surface area (Å²) < 4.78 is 2.16. The number of fused-ring (bicyclic) bond motifs is 1. The van der Waals surface area contributed by atoms with Gasteiger partial charge < -0.3 is 19.7 Å². The van der Waals surface area contributed by atoms with Crippen molar-refractivity contribution in [3.63, 3.8) is 0 Å². The number of thioether (sulfide) groups is 1. The average Bonchev–Trinajstić information content (AvgIpc) is 3.16. The summed E-state index contributed by atoms with van der Waals surface area (Å²) in [6.45, 7) is 12.6. The minimum Gasteiger partial charge on any atom is -0.369 e. The number of anilines is 2. The third kappa shape index (κ3) is 4.88. The maximum Gasteiger partial charge on any atom is 0.234 e. The standard InChI is InChI=1S/C24H31N5OS/c1-4-27-12-14-28(15-13-27)19-10-11-20(18(3)16-19)25-23(30)17-31-24-26-21-8-6-7-9-22(21)29(24)5-2/h6-11,16H,4-5,12-15,17H2,1-3H3,(H,25,30). The molecule has 1 aliphatic rings. The van der Waals surface area contributed by atoms with Crippen LogP contribution in [-0.4, -0.2) is 58.8 Å². The lowest BCUT2D eigenvalue weighted by Crippen LogP contribution is -2.46. The molecule has 0 aliphatic carbocycles. The van der Waals surface area contributed by atoms with Crippen LogP contribution in [0.5, 0.6) is 0 Å². The second-order valence-electron chi connectivity index (χ2n) is 7.88. The average molecular weight is 438 g/mol. The summed E-state index contributed by atoms with van der Waals surface area (Å²) in [5, 5.41) is 3.96. The number of rotatable bonds is 7. The normalized spacial score (nSPS) is 14.9. The van der Waals surface area contributed by atoms with E-state index >= 15 is 0 Å². The van der Waals surface area contributed by atoms with E-state index in [1.165, 1.54) is 17.4 Å². The van der Waals surface area contributed by atoms with Gasteiger partial charge in [-0.15, -0.1) is 0 Å². The van der Waals surface area contributed by atoms with E-state index in [1.807, 2.05) is 24.3 Å². The Hall–Kier alpha value is -2.51. The molecule has 1 aliphatic heterocycles. The molecule has 0 unspecified atom stereocenters. The molecule has 6 nitrogen and oxygen atoms in total. The number of likely N-dealkylation sites (N-methyl/N-ethyl adjacent to an activating group) is 1. The number of aromatic nitrogens is 2. The minimum absolute atomic E-state index is 0.00730. The Balaban J connectivity index is 1.37. The van der Waals surface area contributed by atoms with Crippen molar-refractivity contribution in [2.75, 3.05) is 48.7 Å². The number of carbonyl (C=O) groups excluding carboxylic acids is 1. The van der Waals surface area contributed by atoms with E-state index in [4.69, 9.17) is 4.98 Å². The van der Waals surface area contributed by atoms with Crippen molar-refractivity contribution in [3.8, 4) is 0 Å². The van der Waals surface area contributed by atoms with E-state index in [2.05, 4.69) is 58.7 Å². The smallest absolute Gasteiger partial charge is 0.234 e. The molecule has 0 bridgehead atoms. The van der Waals surface area contributed by atoms with Crippen LogP contribution in [0.15, 0.2) is 47.6 Å². The van der Waals surface area contributed by atoms with E-state index in [9.17, 15) is 4.79 Å². The van der Waals surface area contributed by atoms with Crippen molar-refractivity contribution in [3.05, 3.63) is 48.0 Å². The van der Waals surface area contributed by atoms with Crippen LogP contribution < -0.4 is 10.2 Å². The van der Waals surface area contributed by atoms with Crippen molar-refractivity contribution in [2.45, 2.75) is 32.5 Å². The topological polar surface area (TPSA) is 53.4 Å². The first-order valence-corrected chi connectivity index (χ1v) is 12.0. The molecule has 0 atom stereocenters. The highest BCUT2D eigenvalue weighted by Gasteiger charge is 2.17. The van der Waals surface area contributed by atoms with Gasteiger partial charge in [0.15, 0.2) is 5.16 Å². The van der Waals surface area contributed by atoms with Crippen molar-refractivity contribution >= 4 is 40.1 Å². The molecule has 0 radical (unpaired) electrons. The van der Waals surface area contributed by atoms with Crippen molar-refractivity contribution in [2.24, 2.45) is 0 Å². The van der Waals surface area contributed by atoms with Gasteiger partial charge in [-0.3, -0.25) is 4.79 Å². The summed E-state index contributed by atoms with van der Waals surface area (Å²) in [4.78, 5) is 22.2. The van der Waals surface area contributed by atoms with Crippen molar-refractivity contribution < 1.29 is 4.79 Å². The fourth-order valence-corrected chi connectivity index (χ4v) is 4.97. The van der Waals surface area contributed by atoms with Gasteiger partial charge in [-0.2, -0.15) is 0 Å². The Morgan fingerprint density at radius 2 is 1.84 bits per heavy atom. The van der Waals surface area contributed by atoms with Gasteiger partial charge in [0, 0.05) is 44.1 Å². The second-order valence-corrected chi connectivity index (χ2v) is 8.83. The zero-order valence-electron chi connectivity index (χ0n) is 18.6. The zero-order chi connectivity index (χ0) is 21.8. The summed E-state index contributed by atoms with van der Waals surface area (Å²) in [5.41, 5.74) is 5.29. The van der Waals surface area contributed by atoms with Crippen LogP contribution in [0.1, 0.15) is 19.4 Å². The van der Waals surface area contributed by atoms with Crippen LogP contribution in [0.2, 0.25) is 0 Å². The molecule has 164 valence electrons. The van der Waals surface area contributed by atoms with Crippen molar-refractivity contribution in [1.82, 2.24) is 14.5 Å². The van der Waals surface area contributed by atoms with E-state index in [0.717, 1.165) is 66.7 Å². The molecule has 1 amide bonds. The highest BCUT2D eigenvalue weighted by atomic mass is 32.2. The Kier molecular flexibility index (Phi) is 6.83. The summed E-state index contributed by atoms with van der Waals surface area (Å²) in [6, 6.07) is 14.4. The Morgan fingerprint density at radius 1 is 1.06 bits per heavy atom. The first-order valence-electron chi connectivity index (χ1n) is 11.0. The summed E-state index contributed by atoms with van der Waals surface area (Å²) >= 11 is 1.49. The molecule has 1 aromatic heterocycles. The maximum absolute atomic E-state index is 12.6. The molecule has 4 rings (SSSR count). The number of benzene rings is 2. The molecular weight excluding hydrogens is 406 g/mol. The van der Waals surface area contributed by atoms with E-state index in [-0.39, 0.29) is 5.91 Å². The number of hydrogen-bond acceptors (Lipinski definition) is 5. The molecule has 2 heterocycles. The molecule has 3 aromatic rings. The Labute approximate surface area is 188 Å². The molecule has 1 fully saturated rings. The lowest BCUT2D eigenvalue weighted by atomic mass is 10.1. The number of aryl methyl sites for hydroxylation is 2. The van der Waals surface area contributed by atoms with Gasteiger partial charge in [-0.1, -0.05) is 30.8 Å². The van der Waals surface area contributed by atoms with Gasteiger partial charge in [-0.25, -0.2) is 4.98 Å². The quantitative estimate of drug-likeness (QED) is 0.561. The third-order valence-electron chi connectivity index (χ3n) is 5.94. The van der Waals surface area contributed by atoms with E-state index < -0.39 is 0 Å². The number of amides is 1. The SMILES string of the molecule is CCN1CCN(c2ccc(NC(=O)CSc3nc4ccccc4n3CC)c(C)c2)CC1.